The van der Waals surface area contributed by atoms with Crippen molar-refractivity contribution < 1.29 is 14.3 Å². The van der Waals surface area contributed by atoms with E-state index in [4.69, 9.17) is 29.2 Å². The molecule has 31 heavy (non-hydrogen) atoms. The third-order valence-electron chi connectivity index (χ3n) is 3.82. The molecule has 0 atom stereocenters. The van der Waals surface area contributed by atoms with Crippen molar-refractivity contribution in [2.75, 3.05) is 17.7 Å². The van der Waals surface area contributed by atoms with Gasteiger partial charge in [-0.1, -0.05) is 22.9 Å². The first-order chi connectivity index (χ1) is 14.8. The lowest BCUT2D eigenvalue weighted by atomic mass is 10.2. The van der Waals surface area contributed by atoms with Gasteiger partial charge in [0.05, 0.1) is 7.11 Å². The van der Waals surface area contributed by atoms with E-state index in [2.05, 4.69) is 37.2 Å². The van der Waals surface area contributed by atoms with Crippen molar-refractivity contribution in [3.63, 3.8) is 0 Å². The maximum absolute atomic E-state index is 12.2. The summed E-state index contributed by atoms with van der Waals surface area (Å²) in [5.74, 6) is 0.106. The monoisotopic (exact) mass is 520 g/mol. The molecule has 2 rings (SSSR count). The Kier molecular flexibility index (Phi) is 9.57. The number of nitrogens with one attached hydrogen (secondary N) is 4. The highest BCUT2D eigenvalue weighted by atomic mass is 79.9. The largest absolute Gasteiger partial charge is 0.496 e. The van der Waals surface area contributed by atoms with Crippen molar-refractivity contribution in [1.82, 2.24) is 10.6 Å². The van der Waals surface area contributed by atoms with Gasteiger partial charge in [0.15, 0.2) is 10.2 Å². The summed E-state index contributed by atoms with van der Waals surface area (Å²) in [5, 5.41) is 11.4. The van der Waals surface area contributed by atoms with Crippen molar-refractivity contribution in [2.45, 2.75) is 13.3 Å². The molecule has 0 aromatic heterocycles. The fourth-order valence-corrected chi connectivity index (χ4v) is 3.16. The summed E-state index contributed by atoms with van der Waals surface area (Å²) in [6.07, 6.45) is 3.36. The second-order valence-electron chi connectivity index (χ2n) is 6.10. The number of hydrogen-bond donors (Lipinski definition) is 4. The molecule has 0 radical (unpaired) electrons. The van der Waals surface area contributed by atoms with Gasteiger partial charge < -0.3 is 20.7 Å². The zero-order valence-electron chi connectivity index (χ0n) is 16.8. The van der Waals surface area contributed by atoms with Crippen LogP contribution < -0.4 is 26.0 Å². The van der Waals surface area contributed by atoms with Crippen molar-refractivity contribution >= 4 is 79.9 Å². The average molecular weight is 521 g/mol. The molecule has 0 heterocycles. The van der Waals surface area contributed by atoms with E-state index in [1.54, 1.807) is 50.4 Å². The molecule has 2 aromatic carbocycles. The number of carbonyl (C=O) groups excluding carboxylic acids is 2. The molecular weight excluding hydrogens is 500 g/mol. The zero-order chi connectivity index (χ0) is 22.8. The van der Waals surface area contributed by atoms with Gasteiger partial charge >= 0.3 is 0 Å². The Balaban J connectivity index is 1.88. The quantitative estimate of drug-likeness (QED) is 0.335. The molecule has 2 aromatic rings. The molecule has 10 heteroatoms. The smallest absolute Gasteiger partial charge is 0.250 e. The summed E-state index contributed by atoms with van der Waals surface area (Å²) < 4.78 is 6.15. The molecule has 7 nitrogen and oxygen atoms in total. The van der Waals surface area contributed by atoms with Gasteiger partial charge in [-0.25, -0.2) is 0 Å². The average Bonchev–Trinajstić information content (AvgIpc) is 2.73. The van der Waals surface area contributed by atoms with Crippen LogP contribution in [0, 0.1) is 0 Å². The molecule has 0 unspecified atom stereocenters. The number of rotatable bonds is 6. The van der Waals surface area contributed by atoms with E-state index in [0.29, 0.717) is 23.5 Å². The number of carbonyl (C=O) groups is 2. The minimum atomic E-state index is -0.380. The SMILES string of the molecule is CCC(=O)NC(=S)Nc1ccc(NC(=S)NC(=O)/C=C/c2cc(Br)ccc2OC)cc1. The first kappa shape index (κ1) is 24.4. The van der Waals surface area contributed by atoms with Crippen LogP contribution in [0.2, 0.25) is 0 Å². The topological polar surface area (TPSA) is 91.5 Å². The minimum absolute atomic E-state index is 0.155. The zero-order valence-corrected chi connectivity index (χ0v) is 20.0. The van der Waals surface area contributed by atoms with Crippen LogP contribution in [0.5, 0.6) is 5.75 Å². The molecular formula is C21H21BrN4O3S2. The third-order valence-corrected chi connectivity index (χ3v) is 4.72. The molecule has 0 aliphatic carbocycles. The standard InChI is InChI=1S/C21H21BrN4O3S2/c1-3-18(27)25-20(30)23-15-6-8-16(9-7-15)24-21(31)26-19(28)11-4-13-12-14(22)5-10-17(13)29-2/h4-12H,3H2,1-2H3,(H2,23,25,27,30)(H2,24,26,28,31)/b11-4+. The number of halogens is 1. The highest BCUT2D eigenvalue weighted by Crippen LogP contribution is 2.24. The second-order valence-corrected chi connectivity index (χ2v) is 7.83. The number of amides is 2. The molecule has 0 saturated heterocycles. The van der Waals surface area contributed by atoms with E-state index in [-0.39, 0.29) is 22.0 Å². The summed E-state index contributed by atoms with van der Waals surface area (Å²) in [7, 11) is 1.56. The van der Waals surface area contributed by atoms with Gasteiger partial charge in [-0.2, -0.15) is 0 Å². The minimum Gasteiger partial charge on any atom is -0.496 e. The molecule has 162 valence electrons. The van der Waals surface area contributed by atoms with E-state index >= 15 is 0 Å². The number of thiocarbonyl (C=S) groups is 2. The summed E-state index contributed by atoms with van der Waals surface area (Å²) in [6.45, 7) is 1.74. The first-order valence-electron chi connectivity index (χ1n) is 9.15. The Morgan fingerprint density at radius 2 is 1.58 bits per heavy atom. The van der Waals surface area contributed by atoms with Crippen molar-refractivity contribution in [3.05, 3.63) is 58.6 Å². The number of anilines is 2. The maximum Gasteiger partial charge on any atom is 0.250 e. The van der Waals surface area contributed by atoms with Crippen molar-refractivity contribution in [2.24, 2.45) is 0 Å². The van der Waals surface area contributed by atoms with E-state index in [1.165, 1.54) is 6.08 Å². The Morgan fingerprint density at radius 1 is 1.00 bits per heavy atom. The molecule has 2 amide bonds. The van der Waals surface area contributed by atoms with Gasteiger partial charge in [0.2, 0.25) is 11.8 Å². The second kappa shape index (κ2) is 12.1. The van der Waals surface area contributed by atoms with Crippen LogP contribution in [-0.2, 0) is 9.59 Å². The van der Waals surface area contributed by atoms with E-state index in [0.717, 1.165) is 10.0 Å². The van der Waals surface area contributed by atoms with Gasteiger partial charge in [0.25, 0.3) is 0 Å². The highest BCUT2D eigenvalue weighted by molar-refractivity contribution is 9.10. The van der Waals surface area contributed by atoms with Gasteiger partial charge in [-0.3, -0.25) is 14.9 Å². The molecule has 0 fully saturated rings. The fourth-order valence-electron chi connectivity index (χ4n) is 2.33. The summed E-state index contributed by atoms with van der Waals surface area (Å²) in [6, 6.07) is 12.5. The molecule has 0 aliphatic heterocycles. The number of methoxy groups -OCH3 is 1. The summed E-state index contributed by atoms with van der Waals surface area (Å²) in [4.78, 5) is 23.5. The lowest BCUT2D eigenvalue weighted by Gasteiger charge is -2.11. The van der Waals surface area contributed by atoms with Gasteiger partial charge in [-0.05, 0) is 73.0 Å². The first-order valence-corrected chi connectivity index (χ1v) is 10.8. The maximum atomic E-state index is 12.2. The van der Waals surface area contributed by atoms with Crippen LogP contribution in [-0.4, -0.2) is 29.1 Å². The highest BCUT2D eigenvalue weighted by Gasteiger charge is 2.05. The summed E-state index contributed by atoms with van der Waals surface area (Å²) in [5.41, 5.74) is 2.13. The molecule has 0 aliphatic rings. The number of benzene rings is 2. The predicted octanol–water partition coefficient (Wildman–Crippen LogP) is 4.21. The van der Waals surface area contributed by atoms with Crippen LogP contribution in [0.4, 0.5) is 11.4 Å². The normalized spacial score (nSPS) is 10.3. The lowest BCUT2D eigenvalue weighted by molar-refractivity contribution is -0.119. The van der Waals surface area contributed by atoms with Crippen LogP contribution >= 0.6 is 40.4 Å². The Labute approximate surface area is 199 Å². The van der Waals surface area contributed by atoms with Crippen LogP contribution in [0.25, 0.3) is 6.08 Å². The predicted molar refractivity (Wildman–Crippen MR) is 135 cm³/mol. The van der Waals surface area contributed by atoms with Gasteiger partial charge in [0.1, 0.15) is 5.75 Å². The molecule has 0 spiro atoms. The Morgan fingerprint density at radius 3 is 2.13 bits per heavy atom. The van der Waals surface area contributed by atoms with Crippen molar-refractivity contribution in [1.29, 1.82) is 0 Å². The van der Waals surface area contributed by atoms with E-state index in [1.807, 2.05) is 12.1 Å². The van der Waals surface area contributed by atoms with Gasteiger partial charge in [0, 0.05) is 33.9 Å². The van der Waals surface area contributed by atoms with E-state index < -0.39 is 0 Å². The molecule has 0 bridgehead atoms. The Hall–Kier alpha value is -2.82. The fraction of sp³-hybridized carbons (Fsp3) is 0.143. The van der Waals surface area contributed by atoms with Crippen molar-refractivity contribution in [3.8, 4) is 5.75 Å². The van der Waals surface area contributed by atoms with Crippen LogP contribution in [0.3, 0.4) is 0 Å². The Bertz CT molecular complexity index is 1010. The number of ether oxygens (including phenoxy) is 1. The summed E-state index contributed by atoms with van der Waals surface area (Å²) >= 11 is 13.6. The third kappa shape index (κ3) is 8.44. The lowest BCUT2D eigenvalue weighted by Crippen LogP contribution is -2.33. The number of hydrogen-bond acceptors (Lipinski definition) is 5. The van der Waals surface area contributed by atoms with E-state index in [9.17, 15) is 9.59 Å². The van der Waals surface area contributed by atoms with Gasteiger partial charge in [-0.15, -0.1) is 0 Å². The van der Waals surface area contributed by atoms with Crippen LogP contribution in [0.1, 0.15) is 18.9 Å². The molecule has 0 saturated carbocycles. The molecule has 4 N–H and O–H groups in total. The van der Waals surface area contributed by atoms with Crippen LogP contribution in [0.15, 0.2) is 53.0 Å².